The van der Waals surface area contributed by atoms with Gasteiger partial charge in [0.15, 0.2) is 6.10 Å². The number of carbonyl (C=O) groups excluding carboxylic acids is 1. The number of rotatable bonds is 4. The Morgan fingerprint density at radius 2 is 1.86 bits per heavy atom. The molecule has 148 valence electrons. The van der Waals surface area contributed by atoms with Crippen LogP contribution >= 0.6 is 11.6 Å². The number of ether oxygens (including phenoxy) is 1. The molecule has 0 fully saturated rings. The highest BCUT2D eigenvalue weighted by Gasteiger charge is 2.37. The number of nitrogens with zero attached hydrogens (tertiary/aromatic N) is 2. The van der Waals surface area contributed by atoms with Crippen molar-refractivity contribution in [1.29, 1.82) is 0 Å². The normalized spacial score (nSPS) is 15.9. The summed E-state index contributed by atoms with van der Waals surface area (Å²) in [5.41, 5.74) is 0.861. The molecule has 29 heavy (non-hydrogen) atoms. The lowest BCUT2D eigenvalue weighted by atomic mass is 10.2. The van der Waals surface area contributed by atoms with Crippen molar-refractivity contribution in [2.24, 2.45) is 0 Å². The SMILES string of the molecule is O=C(Nc1cccnc1)[C@H]1CN(S(=O)(=O)c2ccc(Cl)cc2)c2ccccc2O1. The van der Waals surface area contributed by atoms with Crippen molar-refractivity contribution >= 4 is 38.9 Å². The monoisotopic (exact) mass is 429 g/mol. The summed E-state index contributed by atoms with van der Waals surface area (Å²) < 4.78 is 33.5. The van der Waals surface area contributed by atoms with Crippen molar-refractivity contribution in [2.45, 2.75) is 11.0 Å². The predicted molar refractivity (Wildman–Crippen MR) is 110 cm³/mol. The number of fused-ring (bicyclic) bond motifs is 1. The zero-order chi connectivity index (χ0) is 20.4. The van der Waals surface area contributed by atoms with Gasteiger partial charge in [-0.2, -0.15) is 0 Å². The second-order valence-corrected chi connectivity index (χ2v) is 8.59. The molecule has 7 nitrogen and oxygen atoms in total. The zero-order valence-corrected chi connectivity index (χ0v) is 16.6. The molecule has 0 bridgehead atoms. The van der Waals surface area contributed by atoms with Gasteiger partial charge in [0, 0.05) is 11.2 Å². The number of hydrogen-bond donors (Lipinski definition) is 1. The Morgan fingerprint density at radius 3 is 2.59 bits per heavy atom. The van der Waals surface area contributed by atoms with Gasteiger partial charge in [0.1, 0.15) is 5.75 Å². The van der Waals surface area contributed by atoms with Gasteiger partial charge >= 0.3 is 0 Å². The van der Waals surface area contributed by atoms with E-state index in [1.54, 1.807) is 42.6 Å². The molecule has 0 spiro atoms. The Morgan fingerprint density at radius 1 is 1.10 bits per heavy atom. The Hall–Kier alpha value is -3.10. The van der Waals surface area contributed by atoms with Crippen LogP contribution in [0.4, 0.5) is 11.4 Å². The van der Waals surface area contributed by atoms with Gasteiger partial charge in [-0.3, -0.25) is 14.1 Å². The van der Waals surface area contributed by atoms with E-state index >= 15 is 0 Å². The second kappa shape index (κ2) is 7.73. The first-order valence-corrected chi connectivity index (χ1v) is 10.5. The van der Waals surface area contributed by atoms with E-state index in [1.807, 2.05) is 0 Å². The van der Waals surface area contributed by atoms with Crippen LogP contribution in [0.25, 0.3) is 0 Å². The van der Waals surface area contributed by atoms with Crippen LogP contribution in [0.1, 0.15) is 0 Å². The number of pyridine rings is 1. The van der Waals surface area contributed by atoms with Crippen molar-refractivity contribution in [1.82, 2.24) is 4.98 Å². The Labute approximate surface area is 173 Å². The molecule has 1 amide bonds. The molecule has 0 aliphatic carbocycles. The third-order valence-electron chi connectivity index (χ3n) is 4.36. The first kappa shape index (κ1) is 19.2. The molecule has 1 aliphatic rings. The minimum Gasteiger partial charge on any atom is -0.476 e. The molecular formula is C20H16ClN3O4S. The van der Waals surface area contributed by atoms with Gasteiger partial charge in [0.2, 0.25) is 0 Å². The zero-order valence-electron chi connectivity index (χ0n) is 15.0. The standard InChI is InChI=1S/C20H16ClN3O4S/c21-14-7-9-16(10-8-14)29(26,27)24-13-19(28-18-6-2-1-5-17(18)24)20(25)23-15-4-3-11-22-12-15/h1-12,19H,13H2,(H,23,25)/t19-/m1/s1. The van der Waals surface area contributed by atoms with E-state index < -0.39 is 22.0 Å². The van der Waals surface area contributed by atoms with Gasteiger partial charge in [0.25, 0.3) is 15.9 Å². The van der Waals surface area contributed by atoms with Crippen LogP contribution in [0.2, 0.25) is 5.02 Å². The van der Waals surface area contributed by atoms with E-state index in [0.717, 1.165) is 0 Å². The summed E-state index contributed by atoms with van der Waals surface area (Å²) in [5, 5.41) is 3.13. The van der Waals surface area contributed by atoms with Crippen molar-refractivity contribution in [3.05, 3.63) is 78.1 Å². The third kappa shape index (κ3) is 3.90. The molecule has 1 aromatic heterocycles. The predicted octanol–water partition coefficient (Wildman–Crippen LogP) is 3.33. The highest BCUT2D eigenvalue weighted by Crippen LogP contribution is 2.37. The number of hydrogen-bond acceptors (Lipinski definition) is 5. The van der Waals surface area contributed by atoms with Crippen molar-refractivity contribution in [3.63, 3.8) is 0 Å². The molecule has 4 rings (SSSR count). The van der Waals surface area contributed by atoms with Crippen LogP contribution in [-0.2, 0) is 14.8 Å². The van der Waals surface area contributed by atoms with Gasteiger partial charge in [-0.25, -0.2) is 8.42 Å². The molecular weight excluding hydrogens is 414 g/mol. The maximum atomic E-state index is 13.3. The fourth-order valence-corrected chi connectivity index (χ4v) is 4.56. The summed E-state index contributed by atoms with van der Waals surface area (Å²) in [5.74, 6) is -0.161. The highest BCUT2D eigenvalue weighted by molar-refractivity contribution is 7.92. The van der Waals surface area contributed by atoms with Crippen LogP contribution in [0.3, 0.4) is 0 Å². The number of nitrogens with one attached hydrogen (secondary N) is 1. The van der Waals surface area contributed by atoms with Crippen molar-refractivity contribution in [2.75, 3.05) is 16.2 Å². The van der Waals surface area contributed by atoms with Gasteiger partial charge in [-0.05, 0) is 48.5 Å². The number of benzene rings is 2. The first-order chi connectivity index (χ1) is 13.9. The third-order valence-corrected chi connectivity index (χ3v) is 6.40. The molecule has 1 atom stereocenters. The summed E-state index contributed by atoms with van der Waals surface area (Å²) in [6, 6.07) is 15.9. The van der Waals surface area contributed by atoms with E-state index in [9.17, 15) is 13.2 Å². The molecule has 1 N–H and O–H groups in total. The van der Waals surface area contributed by atoms with Crippen LogP contribution in [0.5, 0.6) is 5.75 Å². The number of halogens is 1. The average molecular weight is 430 g/mol. The van der Waals surface area contributed by atoms with Crippen LogP contribution in [-0.4, -0.2) is 32.0 Å². The lowest BCUT2D eigenvalue weighted by Crippen LogP contribution is -2.48. The molecule has 0 unspecified atom stereocenters. The minimum absolute atomic E-state index is 0.0741. The number of amides is 1. The van der Waals surface area contributed by atoms with Crippen molar-refractivity contribution < 1.29 is 17.9 Å². The number of carbonyl (C=O) groups is 1. The molecule has 0 radical (unpaired) electrons. The molecule has 0 saturated carbocycles. The van der Waals surface area contributed by atoms with E-state index in [1.165, 1.54) is 34.8 Å². The molecule has 2 aromatic carbocycles. The summed E-state index contributed by atoms with van der Waals surface area (Å²) in [4.78, 5) is 16.7. The maximum absolute atomic E-state index is 13.3. The molecule has 0 saturated heterocycles. The van der Waals surface area contributed by atoms with E-state index in [-0.39, 0.29) is 11.4 Å². The number of para-hydroxylation sites is 2. The van der Waals surface area contributed by atoms with Crippen LogP contribution in [0, 0.1) is 0 Å². The molecule has 3 aromatic rings. The fourth-order valence-electron chi connectivity index (χ4n) is 2.96. The lowest BCUT2D eigenvalue weighted by Gasteiger charge is -2.34. The molecule has 1 aliphatic heterocycles. The Balaban J connectivity index is 1.68. The minimum atomic E-state index is -3.93. The summed E-state index contributed by atoms with van der Waals surface area (Å²) in [6.45, 7) is -0.173. The van der Waals surface area contributed by atoms with E-state index in [4.69, 9.17) is 16.3 Å². The summed E-state index contributed by atoms with van der Waals surface area (Å²) >= 11 is 5.88. The topological polar surface area (TPSA) is 88.6 Å². The molecule has 2 heterocycles. The van der Waals surface area contributed by atoms with E-state index in [2.05, 4.69) is 10.3 Å². The number of sulfonamides is 1. The number of aromatic nitrogens is 1. The first-order valence-electron chi connectivity index (χ1n) is 8.70. The Bertz CT molecular complexity index is 1140. The van der Waals surface area contributed by atoms with Crippen LogP contribution < -0.4 is 14.4 Å². The van der Waals surface area contributed by atoms with Gasteiger partial charge in [0.05, 0.1) is 29.0 Å². The lowest BCUT2D eigenvalue weighted by molar-refractivity contribution is -0.122. The van der Waals surface area contributed by atoms with Gasteiger partial charge < -0.3 is 10.1 Å². The smallest absolute Gasteiger partial charge is 0.267 e. The summed E-state index contributed by atoms with van der Waals surface area (Å²) in [7, 11) is -3.93. The van der Waals surface area contributed by atoms with Gasteiger partial charge in [-0.15, -0.1) is 0 Å². The Kier molecular flexibility index (Phi) is 5.12. The quantitative estimate of drug-likeness (QED) is 0.687. The van der Waals surface area contributed by atoms with Gasteiger partial charge in [-0.1, -0.05) is 23.7 Å². The largest absolute Gasteiger partial charge is 0.476 e. The number of anilines is 2. The average Bonchev–Trinajstić information content (AvgIpc) is 2.74. The van der Waals surface area contributed by atoms with E-state index in [0.29, 0.717) is 22.1 Å². The fraction of sp³-hybridized carbons (Fsp3) is 0.100. The van der Waals surface area contributed by atoms with Crippen LogP contribution in [0.15, 0.2) is 78.0 Å². The van der Waals surface area contributed by atoms with Crippen molar-refractivity contribution in [3.8, 4) is 5.75 Å². The summed E-state index contributed by atoms with van der Waals surface area (Å²) in [6.07, 6.45) is 2.05. The maximum Gasteiger partial charge on any atom is 0.267 e. The second-order valence-electron chi connectivity index (χ2n) is 6.30. The highest BCUT2D eigenvalue weighted by atomic mass is 35.5. The molecule has 9 heteroatoms.